The zero-order valence-corrected chi connectivity index (χ0v) is 12.7. The van der Waals surface area contributed by atoms with Crippen LogP contribution < -0.4 is 4.90 Å². The van der Waals surface area contributed by atoms with Gasteiger partial charge in [0.15, 0.2) is 0 Å². The van der Waals surface area contributed by atoms with Gasteiger partial charge in [0, 0.05) is 31.4 Å². The van der Waals surface area contributed by atoms with Gasteiger partial charge in [-0.05, 0) is 37.3 Å². The summed E-state index contributed by atoms with van der Waals surface area (Å²) in [7, 11) is 0. The number of carboxylic acids is 1. The van der Waals surface area contributed by atoms with E-state index in [-0.39, 0.29) is 6.04 Å². The van der Waals surface area contributed by atoms with E-state index in [1.54, 1.807) is 0 Å². The van der Waals surface area contributed by atoms with Gasteiger partial charge in [-0.2, -0.15) is 0 Å². The average Bonchev–Trinajstić information content (AvgIpc) is 2.92. The second kappa shape index (κ2) is 6.06. The molecule has 0 aromatic heterocycles. The second-order valence-corrected chi connectivity index (χ2v) is 6.10. The van der Waals surface area contributed by atoms with Crippen LogP contribution in [0.4, 0.5) is 5.69 Å². The third kappa shape index (κ3) is 2.77. The molecule has 0 aliphatic carbocycles. The third-order valence-electron chi connectivity index (χ3n) is 4.98. The minimum Gasteiger partial charge on any atom is -0.480 e. The Morgan fingerprint density at radius 3 is 2.67 bits per heavy atom. The molecule has 4 nitrogen and oxygen atoms in total. The van der Waals surface area contributed by atoms with E-state index >= 15 is 0 Å². The van der Waals surface area contributed by atoms with Crippen molar-refractivity contribution >= 4 is 11.7 Å². The van der Waals surface area contributed by atoms with Crippen LogP contribution in [-0.2, 0) is 11.2 Å². The number of aliphatic carboxylic acids is 1. The Bertz CT molecular complexity index is 509. The fourth-order valence-electron chi connectivity index (χ4n) is 3.84. The maximum atomic E-state index is 11.3. The zero-order valence-electron chi connectivity index (χ0n) is 12.7. The van der Waals surface area contributed by atoms with Gasteiger partial charge >= 0.3 is 5.97 Å². The van der Waals surface area contributed by atoms with Crippen LogP contribution in [0.3, 0.4) is 0 Å². The number of hydrogen-bond donors (Lipinski definition) is 1. The zero-order chi connectivity index (χ0) is 14.8. The van der Waals surface area contributed by atoms with Crippen LogP contribution in [-0.4, -0.2) is 47.7 Å². The molecule has 0 saturated carbocycles. The number of hydrogen-bond acceptors (Lipinski definition) is 3. The molecule has 2 aliphatic rings. The van der Waals surface area contributed by atoms with Gasteiger partial charge < -0.3 is 10.0 Å². The molecule has 114 valence electrons. The SMILES string of the molecule is CC[C@@H](C(=O)O)N1CCC(N2CCc3ccccc32)CC1. The Morgan fingerprint density at radius 2 is 2.00 bits per heavy atom. The third-order valence-corrected chi connectivity index (χ3v) is 4.98. The summed E-state index contributed by atoms with van der Waals surface area (Å²) in [5, 5.41) is 9.28. The Balaban J connectivity index is 1.63. The Kier molecular flexibility index (Phi) is 4.15. The number of benzene rings is 1. The van der Waals surface area contributed by atoms with E-state index in [1.807, 2.05) is 6.92 Å². The molecule has 0 amide bonds. The number of carboxylic acid groups (broad SMARTS) is 1. The van der Waals surface area contributed by atoms with E-state index < -0.39 is 5.97 Å². The minimum atomic E-state index is -0.678. The lowest BCUT2D eigenvalue weighted by Gasteiger charge is -2.40. The smallest absolute Gasteiger partial charge is 0.320 e. The maximum Gasteiger partial charge on any atom is 0.320 e. The molecule has 0 radical (unpaired) electrons. The molecule has 3 rings (SSSR count). The number of piperidine rings is 1. The molecule has 4 heteroatoms. The average molecular weight is 288 g/mol. The highest BCUT2D eigenvalue weighted by atomic mass is 16.4. The number of fused-ring (bicyclic) bond motifs is 1. The van der Waals surface area contributed by atoms with Crippen molar-refractivity contribution < 1.29 is 9.90 Å². The Morgan fingerprint density at radius 1 is 1.29 bits per heavy atom. The Labute approximate surface area is 126 Å². The van der Waals surface area contributed by atoms with Gasteiger partial charge in [0.2, 0.25) is 0 Å². The second-order valence-electron chi connectivity index (χ2n) is 6.10. The fourth-order valence-corrected chi connectivity index (χ4v) is 3.84. The summed E-state index contributed by atoms with van der Waals surface area (Å²) < 4.78 is 0. The van der Waals surface area contributed by atoms with Gasteiger partial charge in [-0.25, -0.2) is 0 Å². The molecule has 21 heavy (non-hydrogen) atoms. The topological polar surface area (TPSA) is 43.8 Å². The van der Waals surface area contributed by atoms with Gasteiger partial charge in [-0.15, -0.1) is 0 Å². The first-order chi connectivity index (χ1) is 10.2. The first-order valence-electron chi connectivity index (χ1n) is 8.02. The van der Waals surface area contributed by atoms with Crippen molar-refractivity contribution in [3.63, 3.8) is 0 Å². The Hall–Kier alpha value is -1.55. The molecule has 1 fully saturated rings. The quantitative estimate of drug-likeness (QED) is 0.924. The highest BCUT2D eigenvalue weighted by Gasteiger charge is 2.32. The summed E-state index contributed by atoms with van der Waals surface area (Å²) in [5.41, 5.74) is 2.85. The molecule has 0 spiro atoms. The summed E-state index contributed by atoms with van der Waals surface area (Å²) in [6, 6.07) is 8.93. The molecule has 1 saturated heterocycles. The van der Waals surface area contributed by atoms with Crippen LogP contribution in [0.1, 0.15) is 31.7 Å². The summed E-state index contributed by atoms with van der Waals surface area (Å²) in [4.78, 5) is 16.0. The van der Waals surface area contributed by atoms with Crippen molar-refractivity contribution in [3.8, 4) is 0 Å². The van der Waals surface area contributed by atoms with Crippen LogP contribution >= 0.6 is 0 Å². The summed E-state index contributed by atoms with van der Waals surface area (Å²) >= 11 is 0. The minimum absolute atomic E-state index is 0.309. The van der Waals surface area contributed by atoms with Crippen molar-refractivity contribution in [1.82, 2.24) is 4.90 Å². The van der Waals surface area contributed by atoms with Crippen LogP contribution in [0.2, 0.25) is 0 Å². The highest BCUT2D eigenvalue weighted by Crippen LogP contribution is 2.32. The van der Waals surface area contributed by atoms with Gasteiger partial charge in [0.1, 0.15) is 6.04 Å². The predicted octanol–water partition coefficient (Wildman–Crippen LogP) is 2.38. The normalized spacial score (nSPS) is 21.3. The van der Waals surface area contributed by atoms with Crippen LogP contribution in [0.15, 0.2) is 24.3 Å². The number of rotatable bonds is 4. The predicted molar refractivity (Wildman–Crippen MR) is 83.8 cm³/mol. The largest absolute Gasteiger partial charge is 0.480 e. The van der Waals surface area contributed by atoms with Gasteiger partial charge in [-0.1, -0.05) is 25.1 Å². The van der Waals surface area contributed by atoms with Crippen molar-refractivity contribution in [2.24, 2.45) is 0 Å². The summed E-state index contributed by atoms with van der Waals surface area (Å²) in [6.07, 6.45) is 3.96. The monoisotopic (exact) mass is 288 g/mol. The van der Waals surface area contributed by atoms with E-state index in [9.17, 15) is 9.90 Å². The van der Waals surface area contributed by atoms with Gasteiger partial charge in [0.05, 0.1) is 0 Å². The van der Waals surface area contributed by atoms with Gasteiger partial charge in [0.25, 0.3) is 0 Å². The molecule has 0 bridgehead atoms. The van der Waals surface area contributed by atoms with E-state index in [0.717, 1.165) is 38.9 Å². The van der Waals surface area contributed by atoms with Crippen LogP contribution in [0, 0.1) is 0 Å². The molecule has 2 heterocycles. The molecular weight excluding hydrogens is 264 g/mol. The molecule has 1 aromatic rings. The standard InChI is InChI=1S/C17H24N2O2/c1-2-15(17(20)21)18-10-8-14(9-11-18)19-12-7-13-5-3-4-6-16(13)19/h3-6,14-15H,2,7-12H2,1H3,(H,20,21)/t15-/m0/s1. The highest BCUT2D eigenvalue weighted by molar-refractivity contribution is 5.73. The van der Waals surface area contributed by atoms with E-state index in [2.05, 4.69) is 34.1 Å². The van der Waals surface area contributed by atoms with Crippen molar-refractivity contribution in [2.75, 3.05) is 24.5 Å². The maximum absolute atomic E-state index is 11.3. The van der Waals surface area contributed by atoms with Gasteiger partial charge in [-0.3, -0.25) is 9.69 Å². The van der Waals surface area contributed by atoms with E-state index in [4.69, 9.17) is 0 Å². The molecule has 2 aliphatic heterocycles. The number of likely N-dealkylation sites (tertiary alicyclic amines) is 1. The lowest BCUT2D eigenvalue weighted by molar-refractivity contribution is -0.143. The van der Waals surface area contributed by atoms with Crippen molar-refractivity contribution in [1.29, 1.82) is 0 Å². The molecule has 1 atom stereocenters. The van der Waals surface area contributed by atoms with Crippen molar-refractivity contribution in [2.45, 2.75) is 44.7 Å². The van der Waals surface area contributed by atoms with E-state index in [1.165, 1.54) is 11.3 Å². The summed E-state index contributed by atoms with van der Waals surface area (Å²) in [5.74, 6) is -0.678. The van der Waals surface area contributed by atoms with Crippen LogP contribution in [0.25, 0.3) is 0 Å². The van der Waals surface area contributed by atoms with E-state index in [0.29, 0.717) is 12.5 Å². The number of nitrogens with zero attached hydrogens (tertiary/aromatic N) is 2. The molecule has 0 unspecified atom stereocenters. The van der Waals surface area contributed by atoms with Crippen molar-refractivity contribution in [3.05, 3.63) is 29.8 Å². The summed E-state index contributed by atoms with van der Waals surface area (Å²) in [6.45, 7) is 4.87. The number of carbonyl (C=O) groups is 1. The lowest BCUT2D eigenvalue weighted by Crippen LogP contribution is -2.50. The molecule has 1 aromatic carbocycles. The fraction of sp³-hybridized carbons (Fsp3) is 0.588. The molecule has 1 N–H and O–H groups in total. The first-order valence-corrected chi connectivity index (χ1v) is 8.02. The lowest BCUT2D eigenvalue weighted by atomic mass is 10.0. The van der Waals surface area contributed by atoms with Crippen LogP contribution in [0.5, 0.6) is 0 Å². The molecular formula is C17H24N2O2. The number of anilines is 1. The first kappa shape index (κ1) is 14.4. The number of para-hydroxylation sites is 1.